The van der Waals surface area contributed by atoms with Crippen molar-refractivity contribution in [3.05, 3.63) is 0 Å². The molecule has 0 spiro atoms. The van der Waals surface area contributed by atoms with E-state index >= 15 is 0 Å². The Labute approximate surface area is 213 Å². The zero-order valence-corrected chi connectivity index (χ0v) is 20.4. The first-order chi connectivity index (χ1) is 17.4. The molecule has 0 unspecified atom stereocenters. The Morgan fingerprint density at radius 3 is 1.95 bits per heavy atom. The van der Waals surface area contributed by atoms with Crippen LogP contribution in [-0.4, -0.2) is 144 Å². The van der Waals surface area contributed by atoms with Crippen LogP contribution >= 0.6 is 0 Å². The maximum Gasteiger partial charge on any atom is 0.406 e. The predicted molar refractivity (Wildman–Crippen MR) is 123 cm³/mol. The maximum absolute atomic E-state index is 11.4. The molecule has 2 heterocycles. The van der Waals surface area contributed by atoms with Gasteiger partial charge in [0.25, 0.3) is 0 Å². The number of nitrogens with two attached hydrogens (primary N) is 5. The molecule has 17 heteroatoms. The van der Waals surface area contributed by atoms with E-state index < -0.39 is 97.8 Å². The lowest BCUT2D eigenvalue weighted by molar-refractivity contribution is -0.316. The van der Waals surface area contributed by atoms with Crippen LogP contribution < -0.4 is 34.0 Å². The minimum absolute atomic E-state index is 0.102. The molecule has 216 valence electrons. The molecule has 3 fully saturated rings. The van der Waals surface area contributed by atoms with Gasteiger partial charge in [-0.3, -0.25) is 0 Å². The number of aliphatic hydroxyl groups excluding tert-OH is 5. The third-order valence-electron chi connectivity index (χ3n) is 7.02. The van der Waals surface area contributed by atoms with Crippen LogP contribution in [0, 0.1) is 0 Å². The molecule has 1 aliphatic carbocycles. The Kier molecular flexibility index (Phi) is 10.4. The maximum atomic E-state index is 11.4. The van der Waals surface area contributed by atoms with Gasteiger partial charge in [0.05, 0.1) is 25.3 Å². The lowest BCUT2D eigenvalue weighted by atomic mass is 9.84. The molecule has 0 aromatic carbocycles. The standard InChI is InChI=1S/C20H40N6O11/c1-33-20(32)26-4-8-11(27)9(24)14(30)19(35-8)37-17-6(23)2-5(22)16(15(17)31)36-18-10(25)13(29)12(28)7(3-21)34-18/h5-19,27-31H,2-4,21-25H2,1H3,(H,26,32)/t5-,6+,7+,8+,9-,10+,11+,12+,13+,14+,15-,16+,17-,18+,19+/m0/s1. The number of carbonyl (C=O) groups excluding carboxylic acids is 1. The number of methoxy groups -OCH3 is 1. The molecule has 0 aromatic rings. The van der Waals surface area contributed by atoms with Crippen LogP contribution in [0.1, 0.15) is 6.42 Å². The van der Waals surface area contributed by atoms with Crippen LogP contribution in [0.2, 0.25) is 0 Å². The quantitative estimate of drug-likeness (QED) is 0.143. The van der Waals surface area contributed by atoms with E-state index in [-0.39, 0.29) is 19.5 Å². The van der Waals surface area contributed by atoms with Gasteiger partial charge in [-0.1, -0.05) is 0 Å². The highest BCUT2D eigenvalue weighted by atomic mass is 16.7. The second-order valence-electron chi connectivity index (χ2n) is 9.57. The molecule has 2 aliphatic heterocycles. The molecule has 15 atom stereocenters. The highest BCUT2D eigenvalue weighted by Crippen LogP contribution is 2.31. The van der Waals surface area contributed by atoms with Gasteiger partial charge in [-0.15, -0.1) is 0 Å². The van der Waals surface area contributed by atoms with Gasteiger partial charge in [0.15, 0.2) is 12.6 Å². The van der Waals surface area contributed by atoms with Crippen molar-refractivity contribution in [3.63, 3.8) is 0 Å². The first-order valence-electron chi connectivity index (χ1n) is 12.0. The number of ether oxygens (including phenoxy) is 5. The second-order valence-corrected chi connectivity index (χ2v) is 9.57. The van der Waals surface area contributed by atoms with Gasteiger partial charge >= 0.3 is 6.09 Å². The second kappa shape index (κ2) is 12.7. The molecule has 0 aromatic heterocycles. The van der Waals surface area contributed by atoms with E-state index in [0.29, 0.717) is 0 Å². The summed E-state index contributed by atoms with van der Waals surface area (Å²) in [5.41, 5.74) is 29.8. The summed E-state index contributed by atoms with van der Waals surface area (Å²) in [6, 6.07) is -4.04. The number of hydrogen-bond donors (Lipinski definition) is 11. The van der Waals surface area contributed by atoms with E-state index in [1.165, 1.54) is 0 Å². The third kappa shape index (κ3) is 6.48. The first kappa shape index (κ1) is 30.3. The zero-order chi connectivity index (χ0) is 27.6. The SMILES string of the molecule is COC(=O)NC[C@H]1O[C@H](O[C@@H]2[C@@H](O)[C@H](O[C@H]3O[C@H](CN)[C@@H](O)[C@H](O)[C@H]3N)[C@@H](N)C[C@H]2N)[C@H](O)[C@@H](N)[C@@H]1O. The fourth-order valence-corrected chi connectivity index (χ4v) is 4.72. The van der Waals surface area contributed by atoms with E-state index in [1.54, 1.807) is 0 Å². The Bertz CT molecular complexity index is 756. The average Bonchev–Trinajstić information content (AvgIpc) is 2.87. The summed E-state index contributed by atoms with van der Waals surface area (Å²) in [5, 5.41) is 54.7. The summed E-state index contributed by atoms with van der Waals surface area (Å²) >= 11 is 0. The number of aliphatic hydroxyl groups is 5. The first-order valence-corrected chi connectivity index (χ1v) is 12.0. The highest BCUT2D eigenvalue weighted by Gasteiger charge is 2.51. The van der Waals surface area contributed by atoms with Gasteiger partial charge in [0.1, 0.15) is 48.8 Å². The molecule has 1 amide bonds. The zero-order valence-electron chi connectivity index (χ0n) is 20.4. The molecule has 1 saturated carbocycles. The number of nitrogens with one attached hydrogen (secondary N) is 1. The average molecular weight is 541 g/mol. The summed E-state index contributed by atoms with van der Waals surface area (Å²) in [7, 11) is 1.16. The Balaban J connectivity index is 1.71. The van der Waals surface area contributed by atoms with Gasteiger partial charge in [-0.25, -0.2) is 4.79 Å². The molecule has 0 bridgehead atoms. The van der Waals surface area contributed by atoms with Crippen molar-refractivity contribution in [2.45, 2.75) is 98.1 Å². The Morgan fingerprint density at radius 2 is 1.38 bits per heavy atom. The summed E-state index contributed by atoms with van der Waals surface area (Å²) < 4.78 is 27.4. The van der Waals surface area contributed by atoms with Crippen LogP contribution in [0.5, 0.6) is 0 Å². The molecule has 17 nitrogen and oxygen atoms in total. The van der Waals surface area contributed by atoms with E-state index in [1.807, 2.05) is 0 Å². The Morgan fingerprint density at radius 1 is 0.811 bits per heavy atom. The van der Waals surface area contributed by atoms with Crippen molar-refractivity contribution in [3.8, 4) is 0 Å². The summed E-state index contributed by atoms with van der Waals surface area (Å²) in [6.45, 7) is -0.340. The molecular weight excluding hydrogens is 500 g/mol. The van der Waals surface area contributed by atoms with Crippen molar-refractivity contribution in [1.82, 2.24) is 5.32 Å². The fourth-order valence-electron chi connectivity index (χ4n) is 4.72. The minimum Gasteiger partial charge on any atom is -0.453 e. The summed E-state index contributed by atoms with van der Waals surface area (Å²) in [4.78, 5) is 11.4. The van der Waals surface area contributed by atoms with Crippen LogP contribution in [0.3, 0.4) is 0 Å². The van der Waals surface area contributed by atoms with E-state index in [0.717, 1.165) is 7.11 Å². The number of hydrogen-bond acceptors (Lipinski definition) is 16. The molecule has 3 rings (SSSR count). The number of rotatable bonds is 7. The van der Waals surface area contributed by atoms with E-state index in [9.17, 15) is 30.3 Å². The summed E-state index contributed by atoms with van der Waals surface area (Å²) in [6.07, 6.45) is -14.9. The van der Waals surface area contributed by atoms with Gasteiger partial charge in [-0.05, 0) is 6.42 Å². The molecule has 2 saturated heterocycles. The van der Waals surface area contributed by atoms with Crippen molar-refractivity contribution >= 4 is 6.09 Å². The van der Waals surface area contributed by atoms with Crippen LogP contribution in [-0.2, 0) is 23.7 Å². The number of alkyl carbamates (subject to hydrolysis) is 1. The minimum atomic E-state index is -1.52. The molecular formula is C20H40N6O11. The van der Waals surface area contributed by atoms with Gasteiger partial charge in [0.2, 0.25) is 0 Å². The molecule has 0 radical (unpaired) electrons. The predicted octanol–water partition coefficient (Wildman–Crippen LogP) is -6.96. The van der Waals surface area contributed by atoms with Crippen LogP contribution in [0.25, 0.3) is 0 Å². The largest absolute Gasteiger partial charge is 0.453 e. The lowest BCUT2D eigenvalue weighted by Crippen LogP contribution is -2.69. The topological polar surface area (TPSA) is 307 Å². The lowest BCUT2D eigenvalue weighted by Gasteiger charge is -2.48. The number of amides is 1. The van der Waals surface area contributed by atoms with Crippen LogP contribution in [0.15, 0.2) is 0 Å². The molecule has 3 aliphatic rings. The van der Waals surface area contributed by atoms with E-state index in [2.05, 4.69) is 10.1 Å². The van der Waals surface area contributed by atoms with Crippen LogP contribution in [0.4, 0.5) is 4.79 Å². The van der Waals surface area contributed by atoms with E-state index in [4.69, 9.17) is 47.6 Å². The highest BCUT2D eigenvalue weighted by molar-refractivity contribution is 5.66. The fraction of sp³-hybridized carbons (Fsp3) is 0.950. The Hall–Kier alpha value is -1.29. The van der Waals surface area contributed by atoms with Crippen molar-refractivity contribution in [2.24, 2.45) is 28.7 Å². The van der Waals surface area contributed by atoms with Gasteiger partial charge in [-0.2, -0.15) is 0 Å². The normalized spacial score (nSPS) is 48.9. The van der Waals surface area contributed by atoms with Gasteiger partial charge in [0, 0.05) is 25.2 Å². The summed E-state index contributed by atoms with van der Waals surface area (Å²) in [5.74, 6) is 0. The molecule has 16 N–H and O–H groups in total. The van der Waals surface area contributed by atoms with Crippen molar-refractivity contribution < 1.29 is 54.0 Å². The third-order valence-corrected chi connectivity index (χ3v) is 7.02. The van der Waals surface area contributed by atoms with Crippen molar-refractivity contribution in [1.29, 1.82) is 0 Å². The smallest absolute Gasteiger partial charge is 0.406 e. The molecule has 37 heavy (non-hydrogen) atoms. The van der Waals surface area contributed by atoms with Gasteiger partial charge < -0.3 is 83.2 Å². The van der Waals surface area contributed by atoms with Crippen molar-refractivity contribution in [2.75, 3.05) is 20.2 Å². The number of carbonyl (C=O) groups is 1. The monoisotopic (exact) mass is 540 g/mol.